The second kappa shape index (κ2) is 10.7. The smallest absolute Gasteiger partial charge is 0.338 e. The molecule has 0 spiro atoms. The summed E-state index contributed by atoms with van der Waals surface area (Å²) in [5.41, 5.74) is 5.01. The van der Waals surface area contributed by atoms with E-state index in [0.717, 1.165) is 16.8 Å². The average molecular weight is 471 g/mol. The number of esters is 1. The Morgan fingerprint density at radius 2 is 1.79 bits per heavy atom. The molecule has 1 atom stereocenters. The van der Waals surface area contributed by atoms with Crippen molar-refractivity contribution in [1.82, 2.24) is 5.32 Å². The lowest BCUT2D eigenvalue weighted by atomic mass is 9.93. The number of ether oxygens (including phenoxy) is 4. The molecule has 0 aromatic heterocycles. The molecule has 33 heavy (non-hydrogen) atoms. The van der Waals surface area contributed by atoms with Crippen molar-refractivity contribution in [2.24, 2.45) is 0 Å². The summed E-state index contributed by atoms with van der Waals surface area (Å²) in [6, 6.07) is 11.0. The molecule has 0 saturated carbocycles. The van der Waals surface area contributed by atoms with Gasteiger partial charge >= 0.3 is 5.97 Å². The van der Waals surface area contributed by atoms with E-state index >= 15 is 0 Å². The van der Waals surface area contributed by atoms with Crippen LogP contribution < -0.4 is 19.7 Å². The van der Waals surface area contributed by atoms with E-state index in [2.05, 4.69) is 12.2 Å². The second-order valence-corrected chi connectivity index (χ2v) is 8.08. The lowest BCUT2D eigenvalue weighted by Gasteiger charge is -2.38. The predicted octanol–water partition coefficient (Wildman–Crippen LogP) is 4.22. The summed E-state index contributed by atoms with van der Waals surface area (Å²) in [6.45, 7) is 6.41. The number of methoxy groups -OCH3 is 3. The van der Waals surface area contributed by atoms with Gasteiger partial charge in [-0.25, -0.2) is 4.79 Å². The first kappa shape index (κ1) is 24.5. The standard InChI is InChI=1S/C25H30N2O5S/c1-15-10-11-18(14-16(15)2)27-17(3)21(24(28)32-13-12-29-4)22(26-25(27)33)19-8-7-9-20(30-5)23(19)31-6/h7-11,14,22H,12-13H2,1-6H3,(H,26,33). The summed E-state index contributed by atoms with van der Waals surface area (Å²) in [7, 11) is 4.70. The zero-order chi connectivity index (χ0) is 24.1. The first-order chi connectivity index (χ1) is 15.8. The van der Waals surface area contributed by atoms with Crippen LogP contribution in [0.15, 0.2) is 47.7 Å². The van der Waals surface area contributed by atoms with Gasteiger partial charge in [-0.05, 0) is 62.3 Å². The van der Waals surface area contributed by atoms with E-state index in [4.69, 9.17) is 31.2 Å². The number of allylic oxidation sites excluding steroid dienone is 1. The Bertz CT molecular complexity index is 1080. The number of carbonyl (C=O) groups is 1. The minimum atomic E-state index is -0.583. The number of anilines is 1. The van der Waals surface area contributed by atoms with Crippen molar-refractivity contribution < 1.29 is 23.7 Å². The van der Waals surface area contributed by atoms with Crippen molar-refractivity contribution in [3.05, 3.63) is 64.4 Å². The highest BCUT2D eigenvalue weighted by Gasteiger charge is 2.37. The molecule has 0 amide bonds. The molecule has 1 N–H and O–H groups in total. The van der Waals surface area contributed by atoms with Crippen LogP contribution in [0.4, 0.5) is 5.69 Å². The topological polar surface area (TPSA) is 69.3 Å². The highest BCUT2D eigenvalue weighted by Crippen LogP contribution is 2.41. The summed E-state index contributed by atoms with van der Waals surface area (Å²) in [6.07, 6.45) is 0. The van der Waals surface area contributed by atoms with E-state index in [1.165, 1.54) is 5.56 Å². The van der Waals surface area contributed by atoms with Crippen LogP contribution >= 0.6 is 12.2 Å². The molecule has 3 rings (SSSR count). The van der Waals surface area contributed by atoms with Gasteiger partial charge in [-0.2, -0.15) is 0 Å². The lowest BCUT2D eigenvalue weighted by Crippen LogP contribution is -2.48. The van der Waals surface area contributed by atoms with E-state index in [9.17, 15) is 4.79 Å². The third-order valence-electron chi connectivity index (χ3n) is 5.72. The number of thiocarbonyl (C=S) groups is 1. The van der Waals surface area contributed by atoms with Crippen LogP contribution in [0.3, 0.4) is 0 Å². The summed E-state index contributed by atoms with van der Waals surface area (Å²) >= 11 is 5.76. The summed E-state index contributed by atoms with van der Waals surface area (Å²) in [5.74, 6) is 0.627. The number of benzene rings is 2. The molecule has 1 unspecified atom stereocenters. The Hall–Kier alpha value is -3.10. The van der Waals surface area contributed by atoms with Crippen molar-refractivity contribution in [2.75, 3.05) is 39.4 Å². The molecule has 1 heterocycles. The molecule has 0 bridgehead atoms. The van der Waals surface area contributed by atoms with Crippen LogP contribution in [0.25, 0.3) is 0 Å². The summed E-state index contributed by atoms with van der Waals surface area (Å²) in [5, 5.41) is 3.80. The van der Waals surface area contributed by atoms with E-state index in [1.54, 1.807) is 27.4 Å². The minimum Gasteiger partial charge on any atom is -0.493 e. The Labute approximate surface area is 200 Å². The van der Waals surface area contributed by atoms with Crippen molar-refractivity contribution in [3.8, 4) is 11.5 Å². The third-order valence-corrected chi connectivity index (χ3v) is 6.02. The maximum atomic E-state index is 13.3. The number of para-hydroxylation sites is 1. The second-order valence-electron chi connectivity index (χ2n) is 7.70. The van der Waals surface area contributed by atoms with Gasteiger partial charge in [0.15, 0.2) is 16.6 Å². The van der Waals surface area contributed by atoms with Crippen LogP contribution in [-0.4, -0.2) is 45.6 Å². The van der Waals surface area contributed by atoms with Gasteiger partial charge in [-0.1, -0.05) is 18.2 Å². The van der Waals surface area contributed by atoms with Crippen molar-refractivity contribution in [2.45, 2.75) is 26.8 Å². The molecule has 1 aliphatic rings. The molecule has 176 valence electrons. The van der Waals surface area contributed by atoms with Crippen LogP contribution in [0.1, 0.15) is 29.7 Å². The van der Waals surface area contributed by atoms with E-state index < -0.39 is 12.0 Å². The molecule has 2 aromatic carbocycles. The Morgan fingerprint density at radius 3 is 2.42 bits per heavy atom. The minimum absolute atomic E-state index is 0.141. The van der Waals surface area contributed by atoms with E-state index in [0.29, 0.717) is 34.5 Å². The van der Waals surface area contributed by atoms with Crippen molar-refractivity contribution in [1.29, 1.82) is 0 Å². The van der Waals surface area contributed by atoms with Crippen molar-refractivity contribution in [3.63, 3.8) is 0 Å². The highest BCUT2D eigenvalue weighted by atomic mass is 32.1. The lowest BCUT2D eigenvalue weighted by molar-refractivity contribution is -0.140. The molecule has 0 radical (unpaired) electrons. The fourth-order valence-corrected chi connectivity index (χ4v) is 4.21. The maximum Gasteiger partial charge on any atom is 0.338 e. The van der Waals surface area contributed by atoms with Crippen LogP contribution in [0, 0.1) is 13.8 Å². The van der Waals surface area contributed by atoms with Gasteiger partial charge in [0.2, 0.25) is 0 Å². The highest BCUT2D eigenvalue weighted by molar-refractivity contribution is 7.80. The number of hydrogen-bond donors (Lipinski definition) is 1. The van der Waals surface area contributed by atoms with E-state index in [1.807, 2.05) is 49.1 Å². The predicted molar refractivity (Wildman–Crippen MR) is 132 cm³/mol. The number of nitrogens with zero attached hydrogens (tertiary/aromatic N) is 1. The van der Waals surface area contributed by atoms with Gasteiger partial charge in [-0.15, -0.1) is 0 Å². The molecule has 8 heteroatoms. The average Bonchev–Trinajstić information content (AvgIpc) is 2.80. The molecule has 1 aliphatic heterocycles. The first-order valence-corrected chi connectivity index (χ1v) is 11.0. The van der Waals surface area contributed by atoms with Crippen LogP contribution in [0.2, 0.25) is 0 Å². The fraction of sp³-hybridized carbons (Fsp3) is 0.360. The molecular weight excluding hydrogens is 440 g/mol. The van der Waals surface area contributed by atoms with Gasteiger partial charge < -0.3 is 24.3 Å². The SMILES string of the molecule is COCCOC(=O)C1=C(C)N(c2ccc(C)c(C)c2)C(=S)NC1c1cccc(OC)c1OC. The molecule has 2 aromatic rings. The fourth-order valence-electron chi connectivity index (χ4n) is 3.85. The zero-order valence-corrected chi connectivity index (χ0v) is 20.7. The van der Waals surface area contributed by atoms with Gasteiger partial charge in [0.25, 0.3) is 0 Å². The number of nitrogens with one attached hydrogen (secondary N) is 1. The molecule has 0 fully saturated rings. The van der Waals surface area contributed by atoms with Gasteiger partial charge in [-0.3, -0.25) is 4.90 Å². The van der Waals surface area contributed by atoms with Gasteiger partial charge in [0.1, 0.15) is 6.61 Å². The Balaban J connectivity index is 2.16. The number of carbonyl (C=O) groups excluding carboxylic acids is 1. The van der Waals surface area contributed by atoms with Gasteiger partial charge in [0, 0.05) is 24.1 Å². The number of rotatable bonds is 8. The maximum absolute atomic E-state index is 13.3. The molecule has 0 saturated heterocycles. The van der Waals surface area contributed by atoms with Crippen LogP contribution in [-0.2, 0) is 14.3 Å². The van der Waals surface area contributed by atoms with E-state index in [-0.39, 0.29) is 6.61 Å². The monoisotopic (exact) mass is 470 g/mol. The zero-order valence-electron chi connectivity index (χ0n) is 19.9. The molecule has 7 nitrogen and oxygen atoms in total. The molecular formula is C25H30N2O5S. The largest absolute Gasteiger partial charge is 0.493 e. The third kappa shape index (κ3) is 4.96. The molecule has 0 aliphatic carbocycles. The summed E-state index contributed by atoms with van der Waals surface area (Å²) < 4.78 is 21.7. The van der Waals surface area contributed by atoms with Crippen molar-refractivity contribution >= 4 is 29.0 Å². The quantitative estimate of drug-likeness (QED) is 0.349. The summed E-state index contributed by atoms with van der Waals surface area (Å²) in [4.78, 5) is 15.2. The number of aryl methyl sites for hydroxylation is 2. The number of hydrogen-bond acceptors (Lipinski definition) is 6. The van der Waals surface area contributed by atoms with Gasteiger partial charge in [0.05, 0.1) is 32.4 Å². The Morgan fingerprint density at radius 1 is 1.03 bits per heavy atom. The van der Waals surface area contributed by atoms with Crippen LogP contribution in [0.5, 0.6) is 11.5 Å². The first-order valence-electron chi connectivity index (χ1n) is 10.6. The normalized spacial score (nSPS) is 15.9. The Kier molecular flexibility index (Phi) is 7.94.